The summed E-state index contributed by atoms with van der Waals surface area (Å²) in [5.74, 6) is -0.764. The van der Waals surface area contributed by atoms with E-state index >= 15 is 0 Å². The molecule has 0 aromatic carbocycles. The topological polar surface area (TPSA) is 148 Å². The maximum atomic E-state index is 12.6. The van der Waals surface area contributed by atoms with E-state index in [1.807, 2.05) is 58.9 Å². The average molecular weight is 585 g/mol. The molecule has 0 aromatic rings. The standard InChI is InChI=1S/C33H48N2O7/c1-23(2)20-31(38)35-19-18-25(4)21-26(5)30-22-24(3)12-8-6-10-14-29(42-33(34)40)28(37)17-16-27(36)13-9-7-11-15-32(39)41-30/h6,8,11-12,15-21,26-30,36-37H,7,9-10,13-14,22H2,1-5H3,(H2,34,40)(H,35,38)/b8-6+,15-11+,17-16+,19-18-,24-12+,25-21+. The maximum Gasteiger partial charge on any atom is 0.404 e. The Bertz CT molecular complexity index is 1090. The SMILES string of the molecule is CC(C)=CC(=O)N/C=C\C(C)=C\C(C)C1C/C(C)=C/C=C/CCC(OC(N)=O)C(O)/C=C/C(O)CCC/C=C/C(=O)O1. The summed E-state index contributed by atoms with van der Waals surface area (Å²) < 4.78 is 10.9. The zero-order valence-electron chi connectivity index (χ0n) is 25.5. The first-order valence-corrected chi connectivity index (χ1v) is 14.4. The summed E-state index contributed by atoms with van der Waals surface area (Å²) in [5.41, 5.74) is 7.98. The Morgan fingerprint density at radius 2 is 1.88 bits per heavy atom. The number of aliphatic hydroxyl groups is 2. The minimum atomic E-state index is -1.11. The van der Waals surface area contributed by atoms with E-state index in [0.29, 0.717) is 38.5 Å². The third-order valence-electron chi connectivity index (χ3n) is 6.33. The quantitative estimate of drug-likeness (QED) is 0.145. The number of primary amides is 1. The van der Waals surface area contributed by atoms with Crippen molar-refractivity contribution in [1.29, 1.82) is 0 Å². The van der Waals surface area contributed by atoms with E-state index in [4.69, 9.17) is 15.2 Å². The Morgan fingerprint density at radius 1 is 1.14 bits per heavy atom. The predicted molar refractivity (Wildman–Crippen MR) is 165 cm³/mol. The van der Waals surface area contributed by atoms with Gasteiger partial charge in [0.15, 0.2) is 0 Å². The van der Waals surface area contributed by atoms with Crippen LogP contribution < -0.4 is 11.1 Å². The molecule has 1 rings (SSSR count). The molecule has 0 bridgehead atoms. The third kappa shape index (κ3) is 17.2. The van der Waals surface area contributed by atoms with Crippen molar-refractivity contribution < 1.29 is 34.1 Å². The summed E-state index contributed by atoms with van der Waals surface area (Å²) in [7, 11) is 0. The summed E-state index contributed by atoms with van der Waals surface area (Å²) in [5, 5.41) is 23.4. The van der Waals surface area contributed by atoms with Crippen molar-refractivity contribution in [3.8, 4) is 0 Å². The van der Waals surface area contributed by atoms with Gasteiger partial charge in [-0.15, -0.1) is 0 Å². The normalized spacial score (nSPS) is 27.8. The third-order valence-corrected chi connectivity index (χ3v) is 6.33. The number of hydrogen-bond acceptors (Lipinski definition) is 7. The van der Waals surface area contributed by atoms with Gasteiger partial charge in [0.1, 0.15) is 18.3 Å². The van der Waals surface area contributed by atoms with Crippen LogP contribution in [-0.2, 0) is 19.1 Å². The minimum Gasteiger partial charge on any atom is -0.458 e. The maximum absolute atomic E-state index is 12.6. The molecule has 9 heteroatoms. The zero-order valence-corrected chi connectivity index (χ0v) is 25.5. The molecule has 9 nitrogen and oxygen atoms in total. The first-order chi connectivity index (χ1) is 19.9. The zero-order chi connectivity index (χ0) is 31.5. The Labute approximate surface area is 250 Å². The lowest BCUT2D eigenvalue weighted by atomic mass is 9.95. The fraction of sp³-hybridized carbons (Fsp3) is 0.485. The minimum absolute atomic E-state index is 0.124. The van der Waals surface area contributed by atoms with E-state index in [-0.39, 0.29) is 11.8 Å². The number of nitrogens with one attached hydrogen (secondary N) is 1. The van der Waals surface area contributed by atoms with Gasteiger partial charge in [-0.05, 0) is 65.9 Å². The summed E-state index contributed by atoms with van der Waals surface area (Å²) >= 11 is 0. The van der Waals surface area contributed by atoms with Gasteiger partial charge < -0.3 is 30.7 Å². The van der Waals surface area contributed by atoms with Gasteiger partial charge in [-0.1, -0.05) is 66.2 Å². The van der Waals surface area contributed by atoms with Crippen LogP contribution in [0.1, 0.15) is 73.1 Å². The van der Waals surface area contributed by atoms with Crippen LogP contribution in [-0.4, -0.2) is 52.6 Å². The lowest BCUT2D eigenvalue weighted by Gasteiger charge is -2.22. The molecule has 0 aromatic heterocycles. The van der Waals surface area contributed by atoms with Gasteiger partial charge in [0.25, 0.3) is 0 Å². The highest BCUT2D eigenvalue weighted by Crippen LogP contribution is 2.21. The van der Waals surface area contributed by atoms with Crippen molar-refractivity contribution in [3.63, 3.8) is 0 Å². The van der Waals surface area contributed by atoms with E-state index in [9.17, 15) is 24.6 Å². The predicted octanol–water partition coefficient (Wildman–Crippen LogP) is 5.23. The van der Waals surface area contributed by atoms with Crippen molar-refractivity contribution in [1.82, 2.24) is 5.32 Å². The fourth-order valence-corrected chi connectivity index (χ4v) is 4.17. The monoisotopic (exact) mass is 584 g/mol. The van der Waals surface area contributed by atoms with Crippen LogP contribution in [0.25, 0.3) is 0 Å². The first-order valence-electron chi connectivity index (χ1n) is 14.4. The number of rotatable bonds is 6. The van der Waals surface area contributed by atoms with Crippen molar-refractivity contribution in [3.05, 3.63) is 83.7 Å². The highest BCUT2D eigenvalue weighted by molar-refractivity contribution is 5.88. The largest absolute Gasteiger partial charge is 0.458 e. The molecule has 0 saturated heterocycles. The van der Waals surface area contributed by atoms with Gasteiger partial charge >= 0.3 is 12.1 Å². The molecule has 5 N–H and O–H groups in total. The molecule has 0 saturated carbocycles. The summed E-state index contributed by atoms with van der Waals surface area (Å²) in [6.45, 7) is 9.54. The molecule has 2 amide bonds. The molecule has 1 aliphatic heterocycles. The number of amides is 2. The second-order valence-corrected chi connectivity index (χ2v) is 10.8. The van der Waals surface area contributed by atoms with E-state index in [2.05, 4.69) is 5.32 Å². The van der Waals surface area contributed by atoms with Gasteiger partial charge in [-0.25, -0.2) is 9.59 Å². The molecule has 232 valence electrons. The second-order valence-electron chi connectivity index (χ2n) is 10.8. The summed E-state index contributed by atoms with van der Waals surface area (Å²) in [6.07, 6.45) is 17.3. The Balaban J connectivity index is 3.09. The van der Waals surface area contributed by atoms with Gasteiger partial charge in [-0.2, -0.15) is 0 Å². The second kappa shape index (κ2) is 20.2. The number of nitrogens with two attached hydrogens (primary N) is 1. The molecule has 42 heavy (non-hydrogen) atoms. The highest BCUT2D eigenvalue weighted by atomic mass is 16.6. The van der Waals surface area contributed by atoms with Crippen LogP contribution in [0.15, 0.2) is 83.7 Å². The number of cyclic esters (lactones) is 1. The molecule has 5 unspecified atom stereocenters. The number of ether oxygens (including phenoxy) is 2. The van der Waals surface area contributed by atoms with Gasteiger partial charge in [0.05, 0.1) is 6.10 Å². The van der Waals surface area contributed by atoms with Crippen LogP contribution in [0.2, 0.25) is 0 Å². The smallest absolute Gasteiger partial charge is 0.404 e. The first kappa shape index (κ1) is 36.3. The molecule has 0 fully saturated rings. The number of allylic oxidation sites excluding steroid dienone is 7. The lowest BCUT2D eigenvalue weighted by molar-refractivity contribution is -0.144. The van der Waals surface area contributed by atoms with Crippen molar-refractivity contribution in [2.75, 3.05) is 0 Å². The van der Waals surface area contributed by atoms with Crippen LogP contribution in [0.5, 0.6) is 0 Å². The number of aliphatic hydroxyl groups excluding tert-OH is 2. The molecular formula is C33H48N2O7. The molecule has 0 spiro atoms. The van der Waals surface area contributed by atoms with Gasteiger partial charge in [0, 0.05) is 30.7 Å². The molecular weight excluding hydrogens is 536 g/mol. The Morgan fingerprint density at radius 3 is 2.57 bits per heavy atom. The molecule has 0 aliphatic carbocycles. The molecule has 0 radical (unpaired) electrons. The Kier molecular flexibility index (Phi) is 17.5. The number of carbonyl (C=O) groups excluding carboxylic acids is 3. The fourth-order valence-electron chi connectivity index (χ4n) is 4.17. The van der Waals surface area contributed by atoms with E-state index in [0.717, 1.165) is 16.7 Å². The molecule has 5 atom stereocenters. The van der Waals surface area contributed by atoms with Crippen molar-refractivity contribution >= 4 is 18.0 Å². The van der Waals surface area contributed by atoms with Crippen LogP contribution >= 0.6 is 0 Å². The van der Waals surface area contributed by atoms with E-state index < -0.39 is 36.5 Å². The van der Waals surface area contributed by atoms with Gasteiger partial charge in [-0.3, -0.25) is 4.79 Å². The number of esters is 1. The average Bonchev–Trinajstić information content (AvgIpc) is 2.89. The van der Waals surface area contributed by atoms with Crippen LogP contribution in [0.4, 0.5) is 4.79 Å². The van der Waals surface area contributed by atoms with Crippen molar-refractivity contribution in [2.24, 2.45) is 11.7 Å². The highest BCUT2D eigenvalue weighted by Gasteiger charge is 2.21. The van der Waals surface area contributed by atoms with Crippen LogP contribution in [0, 0.1) is 5.92 Å². The summed E-state index contributed by atoms with van der Waals surface area (Å²) in [6, 6.07) is 0. The van der Waals surface area contributed by atoms with Crippen molar-refractivity contribution in [2.45, 2.75) is 97.6 Å². The Hall–Kier alpha value is -3.69. The van der Waals surface area contributed by atoms with E-state index in [1.54, 1.807) is 18.4 Å². The molecule has 1 heterocycles. The number of carbonyl (C=O) groups is 3. The lowest BCUT2D eigenvalue weighted by Crippen LogP contribution is -2.32. The molecule has 1 aliphatic rings. The van der Waals surface area contributed by atoms with E-state index in [1.165, 1.54) is 24.3 Å². The van der Waals surface area contributed by atoms with Gasteiger partial charge in [0.2, 0.25) is 5.91 Å². The number of hydrogen-bond donors (Lipinski definition) is 4. The van der Waals surface area contributed by atoms with Crippen LogP contribution in [0.3, 0.4) is 0 Å². The summed E-state index contributed by atoms with van der Waals surface area (Å²) in [4.78, 5) is 35.8.